The number of phenolic OH excluding ortho intramolecular Hbond substituents is 1. The maximum absolute atomic E-state index is 14.5. The molecule has 37 heteroatoms. The highest BCUT2D eigenvalue weighted by atomic mass is 16.8. The zero-order valence-electron chi connectivity index (χ0n) is 54.5. The van der Waals surface area contributed by atoms with Crippen molar-refractivity contribution in [1.82, 2.24) is 0 Å². The number of aromatic hydroxyl groups is 1. The molecular formula is C65H82O37. The summed E-state index contributed by atoms with van der Waals surface area (Å²) in [5.74, 6) is -8.98. The Labute approximate surface area is 579 Å². The quantitative estimate of drug-likeness (QED) is 0.0202. The number of phenols is 1. The number of rotatable bonds is 26. The molecule has 3 aromatic rings. The predicted molar refractivity (Wildman–Crippen MR) is 329 cm³/mol. The normalized spacial score (nSPS) is 38.6. The number of aliphatic hydroxyl groups is 15. The lowest BCUT2D eigenvalue weighted by atomic mass is 9.95. The lowest BCUT2D eigenvalue weighted by Gasteiger charge is -2.51. The Bertz CT molecular complexity index is 3290. The fraction of sp³-hybridized carbons (Fsp3) is 0.585. The van der Waals surface area contributed by atoms with E-state index in [1.165, 1.54) is 91.9 Å². The molecule has 0 radical (unpaired) electrons. The third kappa shape index (κ3) is 18.6. The molecule has 6 saturated heterocycles. The van der Waals surface area contributed by atoms with Crippen LogP contribution in [0.25, 0.3) is 12.2 Å². The van der Waals surface area contributed by atoms with E-state index in [1.54, 1.807) is 6.07 Å². The Hall–Kier alpha value is -6.91. The molecule has 6 aliphatic heterocycles. The van der Waals surface area contributed by atoms with Gasteiger partial charge in [-0.15, -0.1) is 0 Å². The van der Waals surface area contributed by atoms with E-state index >= 15 is 0 Å². The van der Waals surface area contributed by atoms with Gasteiger partial charge in [-0.3, -0.25) is 9.59 Å². The molecule has 16 N–H and O–H groups in total. The summed E-state index contributed by atoms with van der Waals surface area (Å²) in [6, 6.07) is 18.0. The topological polar surface area (TPSA) is 557 Å². The highest BCUT2D eigenvalue weighted by Crippen LogP contribution is 2.43. The van der Waals surface area contributed by atoms with Crippen LogP contribution in [0.5, 0.6) is 11.5 Å². The van der Waals surface area contributed by atoms with Crippen LogP contribution in [0.15, 0.2) is 91.0 Å². The van der Waals surface area contributed by atoms with Crippen LogP contribution in [0.1, 0.15) is 42.3 Å². The molecule has 0 amide bonds. The SMILES string of the molecule is CC(=O)OC[C@H]1O[C@@H](O[C@@H]2[C@@H](O[C@@H]3O[C@H](CO)[C@@H](O)[C@H](O)[C@H]3O)[C@@H](O[C@]3(COC(=O)/C=C/c4ccc(O)cc4)O[C@H](CO)[C@@H](O)[C@@H]3OC(=O)c3ccccc3)O[C@H](CO)[C@H]2OC(=O)/C=C/c2ccc(O[C@@H]3O[C@@H](C)[C@H](O)[C@@H](O)[C@H]3O)cc2)[C@H](O)[C@@H](O[C@@H]2O[C@H](CO)[C@@H](O)[C@H](O)[C@H]2O)[C@@H]1OC(C)=O. The summed E-state index contributed by atoms with van der Waals surface area (Å²) in [6.45, 7) is -3.48. The van der Waals surface area contributed by atoms with Crippen molar-refractivity contribution in [3.05, 3.63) is 108 Å². The van der Waals surface area contributed by atoms with E-state index in [4.69, 9.17) is 75.8 Å². The number of carbonyl (C=O) groups excluding carboxylic acids is 5. The molecule has 0 aliphatic carbocycles. The molecule has 0 saturated carbocycles. The first kappa shape index (κ1) is 79.2. The summed E-state index contributed by atoms with van der Waals surface area (Å²) in [4.78, 5) is 68.0. The van der Waals surface area contributed by atoms with Gasteiger partial charge in [-0.2, -0.15) is 0 Å². The minimum Gasteiger partial charge on any atom is -0.508 e. The molecule has 0 bridgehead atoms. The van der Waals surface area contributed by atoms with E-state index in [2.05, 4.69) is 0 Å². The number of hydrogen-bond donors (Lipinski definition) is 16. The highest BCUT2D eigenvalue weighted by molar-refractivity contribution is 5.90. The third-order valence-electron chi connectivity index (χ3n) is 17.2. The monoisotopic (exact) mass is 1450 g/mol. The van der Waals surface area contributed by atoms with Gasteiger partial charge in [-0.05, 0) is 66.6 Å². The maximum atomic E-state index is 14.5. The van der Waals surface area contributed by atoms with Gasteiger partial charge in [-0.1, -0.05) is 42.5 Å². The first-order valence-corrected chi connectivity index (χ1v) is 32.0. The molecular weight excluding hydrogens is 1370 g/mol. The standard InChI is InChI=1S/C65H82O37/c1-27-42(75)46(79)49(82)60(89-27)91-34-17-11-31(12-18-34)14-20-41(74)96-53-38(24-69)94-64(102-65(26-88-40(73)19-13-30-9-15-33(72)16-10-30)58(45(78)37(23-68)101-65)100-59(86)32-7-5-4-6-8-32)57(99-62-51(84)48(81)44(77)36(22-67)93-62)56(53)98-63-52(85)55(54(90-29(3)71)39(95-63)25-87-28(2)70)97-61-50(83)47(80)43(76)35(21-66)92-61/h4-20,27,35-39,42-58,60-64,66-69,72,75-85H,21-26H2,1-3H3/b19-13+,20-14+/t27-,35+,36+,37+,38+,39+,42-,43+,44+,45+,46+,47-,48-,49+,50+,51+,52+,53+,54+,55+,56-,57+,58-,60-,61-,62-,63-,64+,65-/m0/s1. The second kappa shape index (κ2) is 35.2. The van der Waals surface area contributed by atoms with Gasteiger partial charge in [0.05, 0.1) is 38.1 Å². The Morgan fingerprint density at radius 1 is 0.451 bits per heavy atom. The lowest BCUT2D eigenvalue weighted by Crippen LogP contribution is -2.70. The molecule has 9 rings (SSSR count). The average molecular weight is 1460 g/mol. The first-order chi connectivity index (χ1) is 48.6. The second-order valence-corrected chi connectivity index (χ2v) is 24.4. The number of esters is 5. The second-order valence-electron chi connectivity index (χ2n) is 24.4. The van der Waals surface area contributed by atoms with Gasteiger partial charge < -0.3 is 157 Å². The zero-order chi connectivity index (χ0) is 74.0. The number of hydrogen-bond acceptors (Lipinski definition) is 37. The molecule has 37 nitrogen and oxygen atoms in total. The van der Waals surface area contributed by atoms with Gasteiger partial charge in [0.2, 0.25) is 12.1 Å². The molecule has 102 heavy (non-hydrogen) atoms. The van der Waals surface area contributed by atoms with E-state index in [9.17, 15) is 106 Å². The van der Waals surface area contributed by atoms with Crippen molar-refractivity contribution < 1.29 is 181 Å². The lowest BCUT2D eigenvalue weighted by molar-refractivity contribution is -0.423. The molecule has 29 atom stereocenters. The molecule has 3 aromatic carbocycles. The minimum atomic E-state index is -3.03. The molecule has 6 aliphatic rings. The van der Waals surface area contributed by atoms with Crippen molar-refractivity contribution in [2.75, 3.05) is 39.6 Å². The maximum Gasteiger partial charge on any atom is 0.338 e. The van der Waals surface area contributed by atoms with Crippen molar-refractivity contribution in [1.29, 1.82) is 0 Å². The summed E-state index contributed by atoms with van der Waals surface area (Å²) >= 11 is 0. The summed E-state index contributed by atoms with van der Waals surface area (Å²) < 4.78 is 95.6. The smallest absolute Gasteiger partial charge is 0.338 e. The highest BCUT2D eigenvalue weighted by Gasteiger charge is 2.65. The van der Waals surface area contributed by atoms with Crippen LogP contribution < -0.4 is 4.74 Å². The van der Waals surface area contributed by atoms with Gasteiger partial charge >= 0.3 is 29.8 Å². The van der Waals surface area contributed by atoms with E-state index in [0.717, 1.165) is 26.0 Å². The van der Waals surface area contributed by atoms with E-state index < -0.39 is 247 Å². The van der Waals surface area contributed by atoms with Gasteiger partial charge in [0, 0.05) is 26.0 Å². The van der Waals surface area contributed by atoms with Gasteiger partial charge in [0.25, 0.3) is 0 Å². The minimum absolute atomic E-state index is 0.0663. The number of ether oxygens (including phenoxy) is 16. The van der Waals surface area contributed by atoms with Crippen molar-refractivity contribution in [3.8, 4) is 11.5 Å². The van der Waals surface area contributed by atoms with Crippen LogP contribution >= 0.6 is 0 Å². The molecule has 0 unspecified atom stereocenters. The Kier molecular flexibility index (Phi) is 27.4. The third-order valence-corrected chi connectivity index (χ3v) is 17.2. The predicted octanol–water partition coefficient (Wildman–Crippen LogP) is -6.48. The van der Waals surface area contributed by atoms with Crippen LogP contribution in [0, 0.1) is 0 Å². The Balaban J connectivity index is 1.17. The zero-order valence-corrected chi connectivity index (χ0v) is 54.5. The molecule has 6 fully saturated rings. The average Bonchev–Trinajstić information content (AvgIpc) is 1.46. The van der Waals surface area contributed by atoms with Crippen LogP contribution in [0.4, 0.5) is 0 Å². The Morgan fingerprint density at radius 3 is 1.52 bits per heavy atom. The fourth-order valence-corrected chi connectivity index (χ4v) is 11.8. The number of carbonyl (C=O) groups is 5. The van der Waals surface area contributed by atoms with Crippen molar-refractivity contribution in [2.24, 2.45) is 0 Å². The fourth-order valence-electron chi connectivity index (χ4n) is 11.8. The molecule has 564 valence electrons. The molecule has 0 spiro atoms. The van der Waals surface area contributed by atoms with Crippen molar-refractivity contribution in [2.45, 2.75) is 198 Å². The molecule has 6 heterocycles. The largest absolute Gasteiger partial charge is 0.508 e. The van der Waals surface area contributed by atoms with Gasteiger partial charge in [0.1, 0.15) is 141 Å². The summed E-state index contributed by atoms with van der Waals surface area (Å²) in [5, 5.41) is 175. The first-order valence-electron chi connectivity index (χ1n) is 32.0. The van der Waals surface area contributed by atoms with Crippen LogP contribution in [0.2, 0.25) is 0 Å². The van der Waals surface area contributed by atoms with Crippen LogP contribution in [-0.2, 0) is 90.2 Å². The summed E-state index contributed by atoms with van der Waals surface area (Å²) in [5.41, 5.74) is 0.412. The van der Waals surface area contributed by atoms with Gasteiger partial charge in [0.15, 0.2) is 43.5 Å². The van der Waals surface area contributed by atoms with E-state index in [1.807, 2.05) is 0 Å². The van der Waals surface area contributed by atoms with Crippen molar-refractivity contribution >= 4 is 42.0 Å². The van der Waals surface area contributed by atoms with E-state index in [-0.39, 0.29) is 22.6 Å². The van der Waals surface area contributed by atoms with Crippen molar-refractivity contribution in [3.63, 3.8) is 0 Å². The Morgan fingerprint density at radius 2 is 0.951 bits per heavy atom. The number of aliphatic hydroxyl groups excluding tert-OH is 15. The molecule has 0 aromatic heterocycles. The summed E-state index contributed by atoms with van der Waals surface area (Å²) in [6.07, 6.45) is -53.4. The van der Waals surface area contributed by atoms with Crippen LogP contribution in [0.3, 0.4) is 0 Å². The number of benzene rings is 3. The van der Waals surface area contributed by atoms with Gasteiger partial charge in [-0.25, -0.2) is 14.4 Å². The summed E-state index contributed by atoms with van der Waals surface area (Å²) in [7, 11) is 0. The van der Waals surface area contributed by atoms with E-state index in [0.29, 0.717) is 5.56 Å². The van der Waals surface area contributed by atoms with Crippen LogP contribution in [-0.4, -0.2) is 329 Å².